The molecular formula is C23H24BN2O6+. The van der Waals surface area contributed by atoms with Gasteiger partial charge in [0.05, 0.1) is 12.4 Å². The number of hydrogen-bond acceptors (Lipinski definition) is 5. The van der Waals surface area contributed by atoms with Crippen molar-refractivity contribution in [2.75, 3.05) is 0 Å². The first-order chi connectivity index (χ1) is 15.3. The summed E-state index contributed by atoms with van der Waals surface area (Å²) in [6, 6.07) is 17.5. The maximum atomic E-state index is 12.5. The van der Waals surface area contributed by atoms with E-state index in [0.717, 1.165) is 11.1 Å². The zero-order valence-corrected chi connectivity index (χ0v) is 17.3. The number of amides is 1. The molecule has 164 valence electrons. The number of para-hydroxylation sites is 1. The average molecular weight is 435 g/mol. The van der Waals surface area contributed by atoms with Gasteiger partial charge in [-0.25, -0.2) is 9.36 Å². The van der Waals surface area contributed by atoms with Crippen molar-refractivity contribution in [2.45, 2.75) is 25.3 Å². The minimum absolute atomic E-state index is 0.0309. The highest BCUT2D eigenvalue weighted by Gasteiger charge is 2.27. The van der Waals surface area contributed by atoms with Crippen LogP contribution in [-0.2, 0) is 24.2 Å². The molecular weight excluding hydrogens is 411 g/mol. The van der Waals surface area contributed by atoms with Gasteiger partial charge in [-0.1, -0.05) is 42.5 Å². The number of benzene rings is 2. The molecule has 2 aromatic carbocycles. The van der Waals surface area contributed by atoms with Crippen molar-refractivity contribution >= 4 is 19.0 Å². The van der Waals surface area contributed by atoms with Crippen LogP contribution in [0.15, 0.2) is 73.1 Å². The van der Waals surface area contributed by atoms with Crippen molar-refractivity contribution in [1.82, 2.24) is 5.32 Å². The lowest BCUT2D eigenvalue weighted by Gasteiger charge is -2.19. The Morgan fingerprint density at radius 2 is 1.59 bits per heavy atom. The third-order valence-corrected chi connectivity index (χ3v) is 5.03. The van der Waals surface area contributed by atoms with Crippen molar-refractivity contribution in [3.05, 3.63) is 95.3 Å². The Morgan fingerprint density at radius 3 is 2.22 bits per heavy atom. The van der Waals surface area contributed by atoms with E-state index in [4.69, 9.17) is 5.11 Å². The molecule has 0 spiro atoms. The van der Waals surface area contributed by atoms with Crippen LogP contribution in [0.3, 0.4) is 0 Å². The van der Waals surface area contributed by atoms with Gasteiger partial charge in [0.2, 0.25) is 5.91 Å². The van der Waals surface area contributed by atoms with E-state index < -0.39 is 30.7 Å². The van der Waals surface area contributed by atoms with E-state index in [1.165, 1.54) is 18.2 Å². The van der Waals surface area contributed by atoms with Gasteiger partial charge in [-0.05, 0) is 23.6 Å². The van der Waals surface area contributed by atoms with Gasteiger partial charge in [-0.3, -0.25) is 4.79 Å². The number of rotatable bonds is 9. The number of carbonyl (C=O) groups is 2. The summed E-state index contributed by atoms with van der Waals surface area (Å²) in [4.78, 5) is 23.6. The smallest absolute Gasteiger partial charge is 0.475 e. The van der Waals surface area contributed by atoms with Crippen LogP contribution in [0.4, 0.5) is 0 Å². The number of phenols is 1. The number of carboxylic acid groups (broad SMARTS) is 1. The fourth-order valence-electron chi connectivity index (χ4n) is 3.35. The Labute approximate surface area is 185 Å². The van der Waals surface area contributed by atoms with Gasteiger partial charge in [-0.2, -0.15) is 0 Å². The molecule has 1 heterocycles. The quantitative estimate of drug-likeness (QED) is 0.249. The molecule has 0 aliphatic carbocycles. The highest BCUT2D eigenvalue weighted by Crippen LogP contribution is 2.24. The lowest BCUT2D eigenvalue weighted by Crippen LogP contribution is -2.48. The molecule has 9 heteroatoms. The highest BCUT2D eigenvalue weighted by atomic mass is 16.4. The van der Waals surface area contributed by atoms with Crippen LogP contribution in [-0.4, -0.2) is 45.2 Å². The Hall–Kier alpha value is -3.69. The van der Waals surface area contributed by atoms with Gasteiger partial charge in [0.15, 0.2) is 18.9 Å². The number of pyridine rings is 1. The highest BCUT2D eigenvalue weighted by molar-refractivity contribution is 6.43. The number of aromatic hydroxyl groups is 1. The van der Waals surface area contributed by atoms with Crippen molar-refractivity contribution in [2.24, 2.45) is 0 Å². The zero-order valence-electron chi connectivity index (χ0n) is 17.3. The second kappa shape index (κ2) is 10.6. The van der Waals surface area contributed by atoms with Gasteiger partial charge in [0.25, 0.3) is 0 Å². The number of nitrogens with zero attached hydrogens (tertiary/aromatic N) is 1. The Kier molecular flexibility index (Phi) is 7.59. The zero-order chi connectivity index (χ0) is 23.1. The molecule has 0 fully saturated rings. The largest absolute Gasteiger partial charge is 0.507 e. The normalized spacial score (nSPS) is 11.6. The lowest BCUT2D eigenvalue weighted by atomic mass is 9.75. The summed E-state index contributed by atoms with van der Waals surface area (Å²) in [5.41, 5.74) is 1.72. The third kappa shape index (κ3) is 6.16. The molecule has 0 bridgehead atoms. The molecule has 8 nitrogen and oxygen atoms in total. The minimum Gasteiger partial charge on any atom is -0.507 e. The number of carboxylic acids is 1. The predicted molar refractivity (Wildman–Crippen MR) is 117 cm³/mol. The van der Waals surface area contributed by atoms with Crippen molar-refractivity contribution < 1.29 is 34.4 Å². The fourth-order valence-corrected chi connectivity index (χ4v) is 3.35. The first kappa shape index (κ1) is 23.0. The van der Waals surface area contributed by atoms with Gasteiger partial charge in [0.1, 0.15) is 11.3 Å². The number of carbonyl (C=O) groups excluding carboxylic acids is 1. The van der Waals surface area contributed by atoms with E-state index in [2.05, 4.69) is 5.32 Å². The van der Waals surface area contributed by atoms with Crippen LogP contribution in [0, 0.1) is 0 Å². The number of aromatic carboxylic acids is 1. The standard InChI is InChI=1S/C23H23BN2O6/c27-21(13-16-7-9-17(10-8-16)15-26-11-2-1-3-12-26)25-20(24(31)32)14-18-5-4-6-19(22(18)28)23(29)30/h1-12,20,31-32H,13-15H2,(H2-,25,27,28,29,30)/p+1. The summed E-state index contributed by atoms with van der Waals surface area (Å²) in [5, 5.41) is 41.1. The molecule has 1 aromatic heterocycles. The van der Waals surface area contributed by atoms with E-state index in [1.54, 1.807) is 0 Å². The van der Waals surface area contributed by atoms with E-state index in [1.807, 2.05) is 59.4 Å². The first-order valence-electron chi connectivity index (χ1n) is 10.0. The molecule has 3 rings (SSSR count). The summed E-state index contributed by atoms with van der Waals surface area (Å²) in [6.45, 7) is 0.699. The molecule has 0 radical (unpaired) electrons. The van der Waals surface area contributed by atoms with Crippen LogP contribution >= 0.6 is 0 Å². The number of hydrogen-bond donors (Lipinski definition) is 5. The number of aromatic nitrogens is 1. The average Bonchev–Trinajstić information content (AvgIpc) is 2.76. The molecule has 1 amide bonds. The van der Waals surface area contributed by atoms with Crippen LogP contribution in [0.1, 0.15) is 27.0 Å². The van der Waals surface area contributed by atoms with E-state index >= 15 is 0 Å². The van der Waals surface area contributed by atoms with E-state index in [0.29, 0.717) is 6.54 Å². The van der Waals surface area contributed by atoms with Crippen LogP contribution in [0.25, 0.3) is 0 Å². The molecule has 0 aliphatic rings. The SMILES string of the molecule is O=C(Cc1ccc(C[n+]2ccccc2)cc1)NC(Cc1cccc(C(=O)O)c1O)B(O)O. The van der Waals surface area contributed by atoms with Crippen molar-refractivity contribution in [3.8, 4) is 5.75 Å². The first-order valence-corrected chi connectivity index (χ1v) is 10.0. The number of nitrogens with one attached hydrogen (secondary N) is 1. The molecule has 0 saturated carbocycles. The van der Waals surface area contributed by atoms with Crippen molar-refractivity contribution in [1.29, 1.82) is 0 Å². The Morgan fingerprint density at radius 1 is 0.938 bits per heavy atom. The maximum Gasteiger partial charge on any atom is 0.475 e. The van der Waals surface area contributed by atoms with Crippen molar-refractivity contribution in [3.63, 3.8) is 0 Å². The summed E-state index contributed by atoms with van der Waals surface area (Å²) in [7, 11) is -1.89. The maximum absolute atomic E-state index is 12.5. The van der Waals surface area contributed by atoms with E-state index in [9.17, 15) is 24.7 Å². The molecule has 0 saturated heterocycles. The Balaban J connectivity index is 1.62. The molecule has 3 aromatic rings. The summed E-state index contributed by atoms with van der Waals surface area (Å²) in [5.74, 6) is -3.32. The Bertz CT molecular complexity index is 1070. The predicted octanol–water partition coefficient (Wildman–Crippen LogP) is 0.708. The monoisotopic (exact) mass is 435 g/mol. The van der Waals surface area contributed by atoms with Crippen LogP contribution in [0.5, 0.6) is 5.75 Å². The van der Waals surface area contributed by atoms with E-state index in [-0.39, 0.29) is 24.0 Å². The minimum atomic E-state index is -1.89. The summed E-state index contributed by atoms with van der Waals surface area (Å²) >= 11 is 0. The molecule has 0 aliphatic heterocycles. The van der Waals surface area contributed by atoms with Gasteiger partial charge >= 0.3 is 13.1 Å². The molecule has 1 unspecified atom stereocenters. The van der Waals surface area contributed by atoms with Gasteiger partial charge in [-0.15, -0.1) is 0 Å². The topological polar surface area (TPSA) is 131 Å². The molecule has 5 N–H and O–H groups in total. The second-order valence-electron chi connectivity index (χ2n) is 7.45. The summed E-state index contributed by atoms with van der Waals surface area (Å²) in [6.07, 6.45) is 3.81. The lowest BCUT2D eigenvalue weighted by molar-refractivity contribution is -0.688. The van der Waals surface area contributed by atoms with Crippen LogP contribution < -0.4 is 9.88 Å². The summed E-state index contributed by atoms with van der Waals surface area (Å²) < 4.78 is 2.03. The fraction of sp³-hybridized carbons (Fsp3) is 0.174. The molecule has 1 atom stereocenters. The van der Waals surface area contributed by atoms with Crippen LogP contribution in [0.2, 0.25) is 0 Å². The van der Waals surface area contributed by atoms with Gasteiger partial charge < -0.3 is 25.6 Å². The molecule has 32 heavy (non-hydrogen) atoms. The third-order valence-electron chi connectivity index (χ3n) is 5.03. The van der Waals surface area contributed by atoms with Gasteiger partial charge in [0, 0.05) is 17.7 Å². The second-order valence-corrected chi connectivity index (χ2v) is 7.45.